The molecule has 0 spiro atoms. The van der Waals surface area contributed by atoms with Crippen molar-refractivity contribution in [2.24, 2.45) is 11.7 Å². The van der Waals surface area contributed by atoms with Crippen LogP contribution in [0.25, 0.3) is 0 Å². The van der Waals surface area contributed by atoms with Gasteiger partial charge in [-0.15, -0.1) is 0 Å². The molecule has 5 nitrogen and oxygen atoms in total. The van der Waals surface area contributed by atoms with Crippen molar-refractivity contribution >= 4 is 27.7 Å². The van der Waals surface area contributed by atoms with Crippen molar-refractivity contribution in [3.63, 3.8) is 0 Å². The van der Waals surface area contributed by atoms with E-state index < -0.39 is 0 Å². The van der Waals surface area contributed by atoms with Gasteiger partial charge in [0.25, 0.3) is 5.91 Å². The van der Waals surface area contributed by atoms with Crippen LogP contribution in [0.2, 0.25) is 0 Å². The molecule has 0 aliphatic carbocycles. The van der Waals surface area contributed by atoms with Crippen LogP contribution in [0.4, 0.5) is 0 Å². The summed E-state index contributed by atoms with van der Waals surface area (Å²) in [5.41, 5.74) is 6.22. The lowest BCUT2D eigenvalue weighted by Crippen LogP contribution is -2.42. The van der Waals surface area contributed by atoms with Gasteiger partial charge < -0.3 is 16.4 Å². The quantitative estimate of drug-likeness (QED) is 0.655. The largest absolute Gasteiger partial charge is 0.352 e. The third-order valence-electron chi connectivity index (χ3n) is 3.15. The summed E-state index contributed by atoms with van der Waals surface area (Å²) in [6.07, 6.45) is 1.10. The summed E-state index contributed by atoms with van der Waals surface area (Å²) in [5, 5.41) is 5.63. The minimum atomic E-state index is -0.183. The Kier molecular flexibility index (Phi) is 8.12. The van der Waals surface area contributed by atoms with Gasteiger partial charge in [0.2, 0.25) is 5.91 Å². The maximum absolute atomic E-state index is 11.9. The number of carbonyl (C=O) groups is 2. The van der Waals surface area contributed by atoms with Gasteiger partial charge in [-0.1, -0.05) is 29.8 Å². The van der Waals surface area contributed by atoms with Gasteiger partial charge in [0, 0.05) is 35.6 Å². The summed E-state index contributed by atoms with van der Waals surface area (Å²) in [5.74, 6) is 0.205. The Bertz CT molecular complexity index is 489. The predicted molar refractivity (Wildman–Crippen MR) is 91.5 cm³/mol. The smallest absolute Gasteiger partial charge is 0.251 e. The molecule has 1 rings (SSSR count). The van der Waals surface area contributed by atoms with Gasteiger partial charge in [0.15, 0.2) is 0 Å². The topological polar surface area (TPSA) is 84.2 Å². The van der Waals surface area contributed by atoms with Crippen LogP contribution in [0, 0.1) is 5.92 Å². The number of halogens is 1. The lowest BCUT2D eigenvalue weighted by molar-refractivity contribution is -0.121. The van der Waals surface area contributed by atoms with Crippen molar-refractivity contribution in [2.75, 3.05) is 13.1 Å². The molecule has 1 aromatic rings. The number of hydrogen-bond acceptors (Lipinski definition) is 3. The normalized spacial score (nSPS) is 12.0. The van der Waals surface area contributed by atoms with Gasteiger partial charge in [0.1, 0.15) is 0 Å². The molecule has 0 saturated heterocycles. The summed E-state index contributed by atoms with van der Waals surface area (Å²) >= 11 is 3.32. The van der Waals surface area contributed by atoms with Gasteiger partial charge in [-0.25, -0.2) is 0 Å². The lowest BCUT2D eigenvalue weighted by Gasteiger charge is -2.18. The number of rotatable bonds is 8. The summed E-state index contributed by atoms with van der Waals surface area (Å²) in [6.45, 7) is 4.91. The molecule has 6 heteroatoms. The van der Waals surface area contributed by atoms with Crippen molar-refractivity contribution in [1.29, 1.82) is 0 Å². The van der Waals surface area contributed by atoms with Gasteiger partial charge in [0.05, 0.1) is 0 Å². The molecule has 2 amide bonds. The van der Waals surface area contributed by atoms with Crippen LogP contribution in [0.15, 0.2) is 28.7 Å². The van der Waals surface area contributed by atoms with E-state index in [1.807, 2.05) is 0 Å². The van der Waals surface area contributed by atoms with E-state index in [1.54, 1.807) is 24.3 Å². The first kappa shape index (κ1) is 18.6. The molecule has 0 aliphatic heterocycles. The van der Waals surface area contributed by atoms with Gasteiger partial charge >= 0.3 is 0 Å². The van der Waals surface area contributed by atoms with Crippen LogP contribution in [-0.2, 0) is 4.79 Å². The Balaban J connectivity index is 2.32. The molecule has 0 fully saturated rings. The average Bonchev–Trinajstić information content (AvgIpc) is 2.46. The molecular weight excluding hydrogens is 346 g/mol. The maximum atomic E-state index is 11.9. The monoisotopic (exact) mass is 369 g/mol. The fourth-order valence-electron chi connectivity index (χ4n) is 2.08. The average molecular weight is 370 g/mol. The minimum Gasteiger partial charge on any atom is -0.352 e. The third kappa shape index (κ3) is 7.04. The van der Waals surface area contributed by atoms with E-state index in [0.717, 1.165) is 10.9 Å². The van der Waals surface area contributed by atoms with Crippen LogP contribution in [0.5, 0.6) is 0 Å². The Hall–Kier alpha value is -1.40. The molecule has 0 bridgehead atoms. The van der Waals surface area contributed by atoms with Gasteiger partial charge in [-0.2, -0.15) is 0 Å². The Morgan fingerprint density at radius 2 is 1.86 bits per heavy atom. The fraction of sp³-hybridized carbons (Fsp3) is 0.500. The summed E-state index contributed by atoms with van der Waals surface area (Å²) in [7, 11) is 0. The molecule has 122 valence electrons. The van der Waals surface area contributed by atoms with Crippen LogP contribution in [0.3, 0.4) is 0 Å². The Morgan fingerprint density at radius 3 is 2.41 bits per heavy atom. The molecule has 1 atom stereocenters. The second-order valence-electron chi connectivity index (χ2n) is 5.64. The van der Waals surface area contributed by atoms with E-state index in [0.29, 0.717) is 24.6 Å². The molecule has 1 aromatic carbocycles. The van der Waals surface area contributed by atoms with E-state index in [-0.39, 0.29) is 24.3 Å². The van der Waals surface area contributed by atoms with E-state index in [2.05, 4.69) is 40.4 Å². The minimum absolute atomic E-state index is 0.00493. The highest BCUT2D eigenvalue weighted by Gasteiger charge is 2.12. The zero-order valence-corrected chi connectivity index (χ0v) is 14.7. The highest BCUT2D eigenvalue weighted by Crippen LogP contribution is 2.10. The summed E-state index contributed by atoms with van der Waals surface area (Å²) in [4.78, 5) is 23.7. The van der Waals surface area contributed by atoms with Gasteiger partial charge in [-0.05, 0) is 36.6 Å². The molecular formula is C16H24BrN3O2. The molecule has 0 aliphatic rings. The number of carbonyl (C=O) groups excluding carboxylic acids is 2. The molecule has 1 unspecified atom stereocenters. The maximum Gasteiger partial charge on any atom is 0.251 e. The first-order chi connectivity index (χ1) is 10.4. The van der Waals surface area contributed by atoms with Crippen LogP contribution < -0.4 is 16.4 Å². The SMILES string of the molecule is CC(C)CC(CN)NC(=O)CCNC(=O)c1ccc(Br)cc1. The highest BCUT2D eigenvalue weighted by atomic mass is 79.9. The number of benzene rings is 1. The molecule has 4 N–H and O–H groups in total. The second-order valence-corrected chi connectivity index (χ2v) is 6.56. The van der Waals surface area contributed by atoms with Crippen molar-refractivity contribution in [3.05, 3.63) is 34.3 Å². The van der Waals surface area contributed by atoms with E-state index in [9.17, 15) is 9.59 Å². The molecule has 0 radical (unpaired) electrons. The lowest BCUT2D eigenvalue weighted by atomic mass is 10.0. The Labute approximate surface area is 140 Å². The number of nitrogens with two attached hydrogens (primary N) is 1. The van der Waals surface area contributed by atoms with Crippen molar-refractivity contribution in [3.8, 4) is 0 Å². The zero-order chi connectivity index (χ0) is 16.5. The summed E-state index contributed by atoms with van der Waals surface area (Å²) in [6, 6.07) is 7.06. The molecule has 0 saturated carbocycles. The highest BCUT2D eigenvalue weighted by molar-refractivity contribution is 9.10. The molecule has 22 heavy (non-hydrogen) atoms. The van der Waals surface area contributed by atoms with Crippen LogP contribution in [0.1, 0.15) is 37.0 Å². The zero-order valence-electron chi connectivity index (χ0n) is 13.1. The summed E-state index contributed by atoms with van der Waals surface area (Å²) < 4.78 is 0.918. The van der Waals surface area contributed by atoms with Crippen molar-refractivity contribution in [1.82, 2.24) is 10.6 Å². The second kappa shape index (κ2) is 9.58. The van der Waals surface area contributed by atoms with Crippen molar-refractivity contribution < 1.29 is 9.59 Å². The third-order valence-corrected chi connectivity index (χ3v) is 3.68. The predicted octanol–water partition coefficient (Wildman–Crippen LogP) is 2.06. The first-order valence-electron chi connectivity index (χ1n) is 7.45. The van der Waals surface area contributed by atoms with E-state index in [4.69, 9.17) is 5.73 Å². The standard InChI is InChI=1S/C16H24BrN3O2/c1-11(2)9-14(10-18)20-15(21)7-8-19-16(22)12-3-5-13(17)6-4-12/h3-6,11,14H,7-10,18H2,1-2H3,(H,19,22)(H,20,21). The first-order valence-corrected chi connectivity index (χ1v) is 8.25. The molecule has 0 heterocycles. The van der Waals surface area contributed by atoms with Gasteiger partial charge in [-0.3, -0.25) is 9.59 Å². The number of nitrogens with one attached hydrogen (secondary N) is 2. The van der Waals surface area contributed by atoms with E-state index in [1.165, 1.54) is 0 Å². The van der Waals surface area contributed by atoms with Crippen LogP contribution >= 0.6 is 15.9 Å². The van der Waals surface area contributed by atoms with E-state index >= 15 is 0 Å². The fourth-order valence-corrected chi connectivity index (χ4v) is 2.34. The molecule has 0 aromatic heterocycles. The number of amides is 2. The van der Waals surface area contributed by atoms with Crippen LogP contribution in [-0.4, -0.2) is 30.9 Å². The Morgan fingerprint density at radius 1 is 1.23 bits per heavy atom. The van der Waals surface area contributed by atoms with Crippen molar-refractivity contribution in [2.45, 2.75) is 32.7 Å². The number of hydrogen-bond donors (Lipinski definition) is 3.